The Labute approximate surface area is 120 Å². The molecule has 2 heterocycles. The molecule has 2 fully saturated rings. The fraction of sp³-hybridized carbons (Fsp3) is 0.857. The van der Waals surface area contributed by atoms with Gasteiger partial charge >= 0.3 is 12.0 Å². The standard InChI is InChI=1S/C14H25N3O3/c1-11(2)8-17(10-13(18)19)14(20)16-7-6-15-5-3-4-12(15)9-16/h11-12H,3-10H2,1-2H3,(H,18,19). The van der Waals surface area contributed by atoms with Crippen molar-refractivity contribution in [2.24, 2.45) is 5.92 Å². The second kappa shape index (κ2) is 6.43. The average Bonchev–Trinajstić information content (AvgIpc) is 2.83. The maximum Gasteiger partial charge on any atom is 0.323 e. The van der Waals surface area contributed by atoms with Gasteiger partial charge in [-0.15, -0.1) is 0 Å². The molecule has 20 heavy (non-hydrogen) atoms. The van der Waals surface area contributed by atoms with Crippen molar-refractivity contribution in [3.8, 4) is 0 Å². The summed E-state index contributed by atoms with van der Waals surface area (Å²) in [7, 11) is 0. The monoisotopic (exact) mass is 283 g/mol. The number of carbonyl (C=O) groups excluding carboxylic acids is 1. The van der Waals surface area contributed by atoms with Gasteiger partial charge in [0.15, 0.2) is 0 Å². The Morgan fingerprint density at radius 2 is 2.05 bits per heavy atom. The van der Waals surface area contributed by atoms with Crippen LogP contribution in [0.1, 0.15) is 26.7 Å². The highest BCUT2D eigenvalue weighted by Crippen LogP contribution is 2.22. The number of amides is 2. The van der Waals surface area contributed by atoms with Crippen molar-refractivity contribution >= 4 is 12.0 Å². The molecule has 2 amide bonds. The zero-order valence-electron chi connectivity index (χ0n) is 12.4. The molecule has 0 aromatic heterocycles. The molecule has 6 heteroatoms. The minimum atomic E-state index is -0.946. The fourth-order valence-corrected chi connectivity index (χ4v) is 3.18. The predicted molar refractivity (Wildman–Crippen MR) is 75.6 cm³/mol. The molecule has 2 saturated heterocycles. The van der Waals surface area contributed by atoms with E-state index in [0.29, 0.717) is 19.1 Å². The Morgan fingerprint density at radius 1 is 1.30 bits per heavy atom. The number of piperazine rings is 1. The number of rotatable bonds is 4. The Kier molecular flexibility index (Phi) is 4.86. The van der Waals surface area contributed by atoms with E-state index in [1.165, 1.54) is 11.3 Å². The smallest absolute Gasteiger partial charge is 0.323 e. The summed E-state index contributed by atoms with van der Waals surface area (Å²) in [4.78, 5) is 29.2. The number of hydrogen-bond acceptors (Lipinski definition) is 3. The van der Waals surface area contributed by atoms with Crippen molar-refractivity contribution in [1.82, 2.24) is 14.7 Å². The molecule has 0 radical (unpaired) electrons. The first-order valence-electron chi connectivity index (χ1n) is 7.47. The van der Waals surface area contributed by atoms with Crippen LogP contribution < -0.4 is 0 Å². The number of fused-ring (bicyclic) bond motifs is 1. The molecule has 0 saturated carbocycles. The van der Waals surface area contributed by atoms with Gasteiger partial charge in [-0.05, 0) is 25.3 Å². The SMILES string of the molecule is CC(C)CN(CC(=O)O)C(=O)N1CCN2CCCC2C1. The maximum atomic E-state index is 12.5. The normalized spacial score (nSPS) is 22.9. The third-order valence-electron chi connectivity index (χ3n) is 4.04. The first-order chi connectivity index (χ1) is 9.47. The summed E-state index contributed by atoms with van der Waals surface area (Å²) in [5, 5.41) is 8.97. The number of carboxylic acids is 1. The fourth-order valence-electron chi connectivity index (χ4n) is 3.18. The van der Waals surface area contributed by atoms with Crippen molar-refractivity contribution in [1.29, 1.82) is 0 Å². The third-order valence-corrected chi connectivity index (χ3v) is 4.04. The van der Waals surface area contributed by atoms with Crippen molar-refractivity contribution in [2.45, 2.75) is 32.7 Å². The topological polar surface area (TPSA) is 64.1 Å². The highest BCUT2D eigenvalue weighted by molar-refractivity contribution is 5.80. The summed E-state index contributed by atoms with van der Waals surface area (Å²) in [6.07, 6.45) is 2.35. The van der Waals surface area contributed by atoms with Gasteiger partial charge in [-0.1, -0.05) is 13.8 Å². The lowest BCUT2D eigenvalue weighted by Gasteiger charge is -2.39. The van der Waals surface area contributed by atoms with Crippen LogP contribution in [0.25, 0.3) is 0 Å². The molecule has 1 N–H and O–H groups in total. The van der Waals surface area contributed by atoms with Crippen LogP contribution in [0.5, 0.6) is 0 Å². The van der Waals surface area contributed by atoms with Crippen molar-refractivity contribution in [3.05, 3.63) is 0 Å². The molecular formula is C14H25N3O3. The lowest BCUT2D eigenvalue weighted by molar-refractivity contribution is -0.137. The van der Waals surface area contributed by atoms with E-state index >= 15 is 0 Å². The number of carboxylic acid groups (broad SMARTS) is 1. The van der Waals surface area contributed by atoms with E-state index in [0.717, 1.165) is 26.1 Å². The van der Waals surface area contributed by atoms with E-state index in [9.17, 15) is 9.59 Å². The van der Waals surface area contributed by atoms with Gasteiger partial charge in [0, 0.05) is 32.2 Å². The number of aliphatic carboxylic acids is 1. The van der Waals surface area contributed by atoms with Gasteiger partial charge in [0.1, 0.15) is 6.54 Å². The van der Waals surface area contributed by atoms with E-state index in [1.807, 2.05) is 18.7 Å². The molecule has 0 aromatic rings. The van der Waals surface area contributed by atoms with Gasteiger partial charge in [-0.3, -0.25) is 9.69 Å². The number of carbonyl (C=O) groups is 2. The highest BCUT2D eigenvalue weighted by Gasteiger charge is 2.34. The lowest BCUT2D eigenvalue weighted by atomic mass is 10.1. The molecular weight excluding hydrogens is 258 g/mol. The van der Waals surface area contributed by atoms with Crippen LogP contribution in [-0.2, 0) is 4.79 Å². The molecule has 0 bridgehead atoms. The van der Waals surface area contributed by atoms with Crippen molar-refractivity contribution in [2.75, 3.05) is 39.3 Å². The van der Waals surface area contributed by atoms with Crippen molar-refractivity contribution in [3.63, 3.8) is 0 Å². The molecule has 1 unspecified atom stereocenters. The lowest BCUT2D eigenvalue weighted by Crippen LogP contribution is -2.56. The van der Waals surface area contributed by atoms with Gasteiger partial charge in [0.05, 0.1) is 0 Å². The van der Waals surface area contributed by atoms with Crippen LogP contribution in [0.15, 0.2) is 0 Å². The zero-order valence-corrected chi connectivity index (χ0v) is 12.4. The molecule has 6 nitrogen and oxygen atoms in total. The first-order valence-corrected chi connectivity index (χ1v) is 7.47. The molecule has 1 atom stereocenters. The quantitative estimate of drug-likeness (QED) is 0.833. The van der Waals surface area contributed by atoms with Crippen LogP contribution in [0, 0.1) is 5.92 Å². The molecule has 0 aliphatic carbocycles. The van der Waals surface area contributed by atoms with Gasteiger partial charge in [-0.25, -0.2) is 4.79 Å². The Morgan fingerprint density at radius 3 is 2.70 bits per heavy atom. The molecule has 0 spiro atoms. The summed E-state index contributed by atoms with van der Waals surface area (Å²) in [5.74, 6) is -0.676. The predicted octanol–water partition coefficient (Wildman–Crippen LogP) is 0.929. The summed E-state index contributed by atoms with van der Waals surface area (Å²) in [5.41, 5.74) is 0. The van der Waals surface area contributed by atoms with Crippen LogP contribution >= 0.6 is 0 Å². The zero-order chi connectivity index (χ0) is 14.7. The van der Waals surface area contributed by atoms with Gasteiger partial charge in [0.25, 0.3) is 0 Å². The van der Waals surface area contributed by atoms with Crippen LogP contribution in [-0.4, -0.2) is 77.1 Å². The molecule has 2 rings (SSSR count). The Hall–Kier alpha value is -1.30. The molecule has 2 aliphatic heterocycles. The van der Waals surface area contributed by atoms with Gasteiger partial charge in [0.2, 0.25) is 0 Å². The summed E-state index contributed by atoms with van der Waals surface area (Å²) < 4.78 is 0. The van der Waals surface area contributed by atoms with Gasteiger partial charge < -0.3 is 14.9 Å². The van der Waals surface area contributed by atoms with E-state index in [1.54, 1.807) is 0 Å². The van der Waals surface area contributed by atoms with Crippen LogP contribution in [0.2, 0.25) is 0 Å². The van der Waals surface area contributed by atoms with E-state index in [2.05, 4.69) is 4.90 Å². The second-order valence-electron chi connectivity index (χ2n) is 6.23. The Balaban J connectivity index is 1.97. The van der Waals surface area contributed by atoms with Gasteiger partial charge in [-0.2, -0.15) is 0 Å². The van der Waals surface area contributed by atoms with Crippen LogP contribution in [0.3, 0.4) is 0 Å². The maximum absolute atomic E-state index is 12.5. The van der Waals surface area contributed by atoms with E-state index in [4.69, 9.17) is 5.11 Å². The largest absolute Gasteiger partial charge is 0.480 e. The Bertz CT molecular complexity index is 373. The average molecular weight is 283 g/mol. The number of urea groups is 1. The van der Waals surface area contributed by atoms with Crippen molar-refractivity contribution < 1.29 is 14.7 Å². The number of hydrogen-bond donors (Lipinski definition) is 1. The van der Waals surface area contributed by atoms with Crippen LogP contribution in [0.4, 0.5) is 4.79 Å². The minimum Gasteiger partial charge on any atom is -0.480 e. The summed E-state index contributed by atoms with van der Waals surface area (Å²) >= 11 is 0. The number of nitrogens with zero attached hydrogens (tertiary/aromatic N) is 3. The minimum absolute atomic E-state index is 0.118. The summed E-state index contributed by atoms with van der Waals surface area (Å²) in [6, 6.07) is 0.353. The van der Waals surface area contributed by atoms with E-state index in [-0.39, 0.29) is 18.5 Å². The first kappa shape index (κ1) is 15.1. The highest BCUT2D eigenvalue weighted by atomic mass is 16.4. The molecule has 114 valence electrons. The molecule has 2 aliphatic rings. The third kappa shape index (κ3) is 3.62. The van der Waals surface area contributed by atoms with E-state index < -0.39 is 5.97 Å². The molecule has 0 aromatic carbocycles. The second-order valence-corrected chi connectivity index (χ2v) is 6.23. The summed E-state index contributed by atoms with van der Waals surface area (Å²) in [6.45, 7) is 7.79.